The van der Waals surface area contributed by atoms with Crippen molar-refractivity contribution in [2.24, 2.45) is 0 Å². The summed E-state index contributed by atoms with van der Waals surface area (Å²) in [6.45, 7) is 9.88. The number of ether oxygens (including phenoxy) is 2. The van der Waals surface area contributed by atoms with Crippen molar-refractivity contribution in [2.75, 3.05) is 55.8 Å². The Hall–Kier alpha value is -3.19. The molecule has 2 atom stereocenters. The first-order valence-corrected chi connectivity index (χ1v) is 16.1. The van der Waals surface area contributed by atoms with Crippen LogP contribution in [0.15, 0.2) is 48.7 Å². The average Bonchev–Trinajstić information content (AvgIpc) is 3.44. The molecule has 10 nitrogen and oxygen atoms in total. The fraction of sp³-hybridized carbons (Fsp3) is 0.448. The quantitative estimate of drug-likeness (QED) is 0.338. The largest absolute Gasteiger partial charge is 0.494 e. The third-order valence-corrected chi connectivity index (χ3v) is 8.65. The number of benzene rings is 1. The number of anilines is 2. The number of nitrogens with one attached hydrogen (secondary N) is 2. The molecule has 0 saturated carbocycles. The third-order valence-electron chi connectivity index (χ3n) is 7.75. The molecule has 2 saturated heterocycles. The molecule has 1 aromatic carbocycles. The van der Waals surface area contributed by atoms with Crippen LogP contribution in [0, 0.1) is 13.8 Å². The van der Waals surface area contributed by atoms with E-state index in [2.05, 4.69) is 49.3 Å². The first-order chi connectivity index (χ1) is 19.7. The Kier molecular flexibility index (Phi) is 8.83. The van der Waals surface area contributed by atoms with Gasteiger partial charge in [-0.05, 0) is 68.4 Å². The van der Waals surface area contributed by atoms with Crippen LogP contribution >= 0.6 is 12.2 Å². The third kappa shape index (κ3) is 6.50. The topological polar surface area (TPSA) is 101 Å². The molecule has 2 N–H and O–H groups in total. The molecule has 0 radical (unpaired) electrons. The molecule has 2 aliphatic rings. The van der Waals surface area contributed by atoms with Gasteiger partial charge < -0.3 is 24.3 Å². The molecule has 220 valence electrons. The number of sulfonamides is 1. The Morgan fingerprint density at radius 3 is 2.61 bits per heavy atom. The lowest BCUT2D eigenvalue weighted by atomic mass is 9.96. The molecule has 12 heteroatoms. The molecule has 0 bridgehead atoms. The molecule has 0 unspecified atom stereocenters. The smallest absolute Gasteiger partial charge is 0.229 e. The van der Waals surface area contributed by atoms with Crippen molar-refractivity contribution >= 4 is 38.7 Å². The summed E-state index contributed by atoms with van der Waals surface area (Å²) in [7, 11) is -1.96. The van der Waals surface area contributed by atoms with Gasteiger partial charge in [0.15, 0.2) is 5.11 Å². The van der Waals surface area contributed by atoms with Gasteiger partial charge in [0.05, 0.1) is 50.0 Å². The first-order valence-electron chi connectivity index (χ1n) is 13.8. The molecular formula is C29H38N6O4S2. The maximum atomic E-state index is 11.9. The maximum Gasteiger partial charge on any atom is 0.229 e. The molecule has 0 aliphatic carbocycles. The van der Waals surface area contributed by atoms with Crippen LogP contribution in [-0.2, 0) is 21.3 Å². The van der Waals surface area contributed by atoms with E-state index in [4.69, 9.17) is 21.7 Å². The Morgan fingerprint density at radius 2 is 1.93 bits per heavy atom. The summed E-state index contributed by atoms with van der Waals surface area (Å²) >= 11 is 5.91. The van der Waals surface area contributed by atoms with Crippen molar-refractivity contribution in [2.45, 2.75) is 38.9 Å². The number of morpholine rings is 1. The molecule has 5 rings (SSSR count). The average molecular weight is 599 g/mol. The Bertz CT molecular complexity index is 1490. The zero-order chi connectivity index (χ0) is 29.1. The van der Waals surface area contributed by atoms with Crippen LogP contribution in [0.1, 0.15) is 41.1 Å². The van der Waals surface area contributed by atoms with Crippen molar-refractivity contribution in [3.63, 3.8) is 0 Å². The predicted molar refractivity (Wildman–Crippen MR) is 165 cm³/mol. The Labute approximate surface area is 247 Å². The van der Waals surface area contributed by atoms with E-state index in [1.165, 1.54) is 18.5 Å². The lowest BCUT2D eigenvalue weighted by Gasteiger charge is -2.29. The van der Waals surface area contributed by atoms with Crippen molar-refractivity contribution < 1.29 is 17.9 Å². The molecule has 2 aromatic heterocycles. The highest BCUT2D eigenvalue weighted by molar-refractivity contribution is 7.92. The zero-order valence-corrected chi connectivity index (χ0v) is 25.6. The van der Waals surface area contributed by atoms with E-state index in [9.17, 15) is 8.42 Å². The van der Waals surface area contributed by atoms with Gasteiger partial charge in [-0.2, -0.15) is 0 Å². The lowest BCUT2D eigenvalue weighted by Crippen LogP contribution is -2.37. The Morgan fingerprint density at radius 1 is 1.15 bits per heavy atom. The van der Waals surface area contributed by atoms with Crippen LogP contribution in [0.3, 0.4) is 0 Å². The summed E-state index contributed by atoms with van der Waals surface area (Å²) in [6.07, 6.45) is 3.96. The lowest BCUT2D eigenvalue weighted by molar-refractivity contribution is 0.0369. The van der Waals surface area contributed by atoms with E-state index in [0.717, 1.165) is 69.0 Å². The van der Waals surface area contributed by atoms with Crippen LogP contribution in [0.25, 0.3) is 0 Å². The Balaban J connectivity index is 1.50. The number of hydrogen-bond donors (Lipinski definition) is 2. The van der Waals surface area contributed by atoms with Gasteiger partial charge in [0.1, 0.15) is 5.75 Å². The van der Waals surface area contributed by atoms with E-state index in [1.807, 2.05) is 30.3 Å². The van der Waals surface area contributed by atoms with Gasteiger partial charge in [0, 0.05) is 55.5 Å². The number of nitrogens with zero attached hydrogens (tertiary/aromatic N) is 4. The second kappa shape index (κ2) is 12.4. The van der Waals surface area contributed by atoms with Gasteiger partial charge in [-0.15, -0.1) is 0 Å². The minimum absolute atomic E-state index is 0.185. The number of aryl methyl sites for hydroxylation is 1. The van der Waals surface area contributed by atoms with Crippen LogP contribution < -0.4 is 19.7 Å². The number of hydrogen-bond acceptors (Lipinski definition) is 7. The standard InChI is InChI=1S/C29H38N6O4S2/c1-20-18-23(21(2)34(20)13-7-12-33-14-16-39-17-15-33)28-27(25-8-5-6-11-30-25)31-29(40)35(28)22-9-10-24(26(19-22)38-3)32-41(4,36)37/h5-6,8-11,18-19,27-28,32H,7,12-17H2,1-4H3,(H,31,40)/t27-,28+/m1/s1. The van der Waals surface area contributed by atoms with Crippen LogP contribution in [0.5, 0.6) is 5.75 Å². The van der Waals surface area contributed by atoms with Gasteiger partial charge in [-0.1, -0.05) is 6.07 Å². The van der Waals surface area contributed by atoms with Gasteiger partial charge in [0.2, 0.25) is 10.0 Å². The van der Waals surface area contributed by atoms with Crippen LogP contribution in [0.4, 0.5) is 11.4 Å². The summed E-state index contributed by atoms with van der Waals surface area (Å²) < 4.78 is 39.8. The summed E-state index contributed by atoms with van der Waals surface area (Å²) in [6, 6.07) is 13.2. The minimum atomic E-state index is -3.48. The van der Waals surface area contributed by atoms with Crippen molar-refractivity contribution in [3.8, 4) is 5.75 Å². The van der Waals surface area contributed by atoms with E-state index in [-0.39, 0.29) is 12.1 Å². The fourth-order valence-corrected chi connectivity index (χ4v) is 6.73. The zero-order valence-electron chi connectivity index (χ0n) is 24.0. The second-order valence-electron chi connectivity index (χ2n) is 10.5. The van der Waals surface area contributed by atoms with Crippen molar-refractivity contribution in [1.82, 2.24) is 19.8 Å². The highest BCUT2D eigenvalue weighted by atomic mass is 32.2. The molecule has 0 spiro atoms. The van der Waals surface area contributed by atoms with Gasteiger partial charge >= 0.3 is 0 Å². The molecule has 2 fully saturated rings. The number of aromatic nitrogens is 2. The predicted octanol–water partition coefficient (Wildman–Crippen LogP) is 3.78. The van der Waals surface area contributed by atoms with Gasteiger partial charge in [-0.25, -0.2) is 8.42 Å². The summed E-state index contributed by atoms with van der Waals surface area (Å²) in [5, 5.41) is 4.08. The summed E-state index contributed by atoms with van der Waals surface area (Å²) in [5.41, 5.74) is 5.60. The summed E-state index contributed by atoms with van der Waals surface area (Å²) in [4.78, 5) is 9.22. The van der Waals surface area contributed by atoms with Crippen molar-refractivity contribution in [3.05, 3.63) is 71.3 Å². The highest BCUT2D eigenvalue weighted by Crippen LogP contribution is 2.44. The molecule has 2 aliphatic heterocycles. The molecule has 0 amide bonds. The normalized spacial score (nSPS) is 19.8. The number of thiocarbonyl (C=S) groups is 1. The van der Waals surface area contributed by atoms with Crippen LogP contribution in [0.2, 0.25) is 0 Å². The molecule has 3 aromatic rings. The van der Waals surface area contributed by atoms with E-state index in [1.54, 1.807) is 12.3 Å². The van der Waals surface area contributed by atoms with E-state index < -0.39 is 10.0 Å². The minimum Gasteiger partial charge on any atom is -0.494 e. The first kappa shape index (κ1) is 29.3. The van der Waals surface area contributed by atoms with Gasteiger partial charge in [-0.3, -0.25) is 14.6 Å². The summed E-state index contributed by atoms with van der Waals surface area (Å²) in [5.74, 6) is 0.407. The van der Waals surface area contributed by atoms with Crippen molar-refractivity contribution in [1.29, 1.82) is 0 Å². The van der Waals surface area contributed by atoms with Crippen LogP contribution in [-0.4, -0.2) is 74.2 Å². The number of pyridine rings is 1. The maximum absolute atomic E-state index is 11.9. The molecule has 4 heterocycles. The molecular weight excluding hydrogens is 560 g/mol. The van der Waals surface area contributed by atoms with E-state index in [0.29, 0.717) is 16.5 Å². The molecule has 41 heavy (non-hydrogen) atoms. The van der Waals surface area contributed by atoms with Gasteiger partial charge in [0.25, 0.3) is 0 Å². The number of methoxy groups -OCH3 is 1. The second-order valence-corrected chi connectivity index (χ2v) is 12.7. The van der Waals surface area contributed by atoms with E-state index >= 15 is 0 Å². The number of rotatable bonds is 10. The fourth-order valence-electron chi connectivity index (χ4n) is 5.81. The SMILES string of the molecule is COc1cc(N2C(=S)N[C@H](c3ccccn3)[C@@H]2c2cc(C)n(CCCN3CCOCC3)c2C)ccc1NS(C)(=O)=O. The highest BCUT2D eigenvalue weighted by Gasteiger charge is 2.42. The monoisotopic (exact) mass is 598 g/mol.